The van der Waals surface area contributed by atoms with E-state index in [0.29, 0.717) is 0 Å². The molecular weight excluding hydrogens is 164 g/mol. The van der Waals surface area contributed by atoms with Crippen LogP contribution in [-0.2, 0) is 0 Å². The minimum absolute atomic E-state index is 1.13. The quantitative estimate of drug-likeness (QED) is 0.582. The van der Waals surface area contributed by atoms with Crippen molar-refractivity contribution in [3.05, 3.63) is 0 Å². The highest BCUT2D eigenvalue weighted by Crippen LogP contribution is 3.20. The van der Waals surface area contributed by atoms with Crippen LogP contribution in [0.1, 0.15) is 26.2 Å². The van der Waals surface area contributed by atoms with Crippen LogP contribution in [0.25, 0.3) is 0 Å². The molecule has 0 saturated carbocycles. The summed E-state index contributed by atoms with van der Waals surface area (Å²) in [5.74, 6) is 4.48. The zero-order chi connectivity index (χ0) is 8.68. The van der Waals surface area contributed by atoms with Crippen LogP contribution in [-0.4, -0.2) is 34.5 Å². The molecule has 0 radical (unpaired) electrons. The van der Waals surface area contributed by atoms with E-state index in [1.54, 1.807) is 17.9 Å². The average Bonchev–Trinajstić information content (AvgIpc) is 2.59. The molecule has 1 spiro atoms. The van der Waals surface area contributed by atoms with Crippen molar-refractivity contribution >= 4 is 8.29 Å². The van der Waals surface area contributed by atoms with E-state index in [9.17, 15) is 0 Å². The Balaban J connectivity index is 1.83. The normalized spacial score (nSPS) is 59.8. The maximum Gasteiger partial charge on any atom is -0.00603 e. The third-order valence-electron chi connectivity index (χ3n) is 5.59. The lowest BCUT2D eigenvalue weighted by molar-refractivity contribution is 0.510. The summed E-state index contributed by atoms with van der Waals surface area (Å²) in [4.78, 5) is 0. The number of hydrogen-bond acceptors (Lipinski definition) is 0. The minimum atomic E-state index is -1.20. The third kappa shape index (κ3) is 0.529. The highest BCUT2D eigenvalue weighted by Gasteiger charge is 2.95. The monoisotopic (exact) mass is 186 g/mol. The van der Waals surface area contributed by atoms with E-state index in [4.69, 9.17) is 0 Å². The van der Waals surface area contributed by atoms with E-state index in [1.807, 2.05) is 0 Å². The van der Waals surface area contributed by atoms with E-state index in [1.165, 1.54) is 23.3 Å². The molecule has 3 saturated heterocycles. The van der Waals surface area contributed by atoms with Gasteiger partial charge in [-0.1, -0.05) is 13.3 Å². The molecular formula is C11H22S. The summed E-state index contributed by atoms with van der Waals surface area (Å²) in [6.07, 6.45) is 9.98. The molecule has 72 valence electrons. The van der Waals surface area contributed by atoms with Gasteiger partial charge in [-0.2, -0.15) is 0 Å². The van der Waals surface area contributed by atoms with E-state index in [0.717, 1.165) is 5.92 Å². The Morgan fingerprint density at radius 3 is 2.33 bits per heavy atom. The van der Waals surface area contributed by atoms with Gasteiger partial charge in [0, 0.05) is 0 Å². The van der Waals surface area contributed by atoms with Crippen LogP contribution in [0.2, 0.25) is 0 Å². The highest BCUT2D eigenvalue weighted by molar-refractivity contribution is 8.75. The molecule has 0 aromatic heterocycles. The molecule has 0 nitrogen and oxygen atoms in total. The minimum Gasteiger partial charge on any atom is -0.271 e. The first-order valence-electron chi connectivity index (χ1n) is 5.45. The van der Waals surface area contributed by atoms with Crippen molar-refractivity contribution in [2.75, 3.05) is 24.0 Å². The second kappa shape index (κ2) is 1.41. The average molecular weight is 186 g/mol. The molecule has 12 heavy (non-hydrogen) atoms. The lowest BCUT2D eigenvalue weighted by Crippen LogP contribution is -2.16. The van der Waals surface area contributed by atoms with Crippen molar-refractivity contribution in [2.24, 2.45) is 5.92 Å². The van der Waals surface area contributed by atoms with Crippen molar-refractivity contribution in [3.8, 4) is 0 Å². The molecule has 3 unspecified atom stereocenters. The summed E-state index contributed by atoms with van der Waals surface area (Å²) < 4.78 is 0. The van der Waals surface area contributed by atoms with Gasteiger partial charge >= 0.3 is 0 Å². The van der Waals surface area contributed by atoms with Crippen LogP contribution in [0.4, 0.5) is 0 Å². The number of fused-ring (bicyclic) bond motifs is 1. The van der Waals surface area contributed by atoms with Gasteiger partial charge in [0.1, 0.15) is 0 Å². The summed E-state index contributed by atoms with van der Waals surface area (Å²) in [6, 6.07) is 0. The summed E-state index contributed by atoms with van der Waals surface area (Å²) in [7, 11) is -1.20. The second-order valence-corrected chi connectivity index (χ2v) is 15.7. The van der Waals surface area contributed by atoms with E-state index < -0.39 is 8.29 Å². The molecule has 1 heteroatoms. The van der Waals surface area contributed by atoms with E-state index in [-0.39, 0.29) is 0 Å². The Bertz CT molecular complexity index is 279. The Morgan fingerprint density at radius 1 is 1.17 bits per heavy atom. The van der Waals surface area contributed by atoms with Crippen LogP contribution in [0.5, 0.6) is 0 Å². The van der Waals surface area contributed by atoms with Crippen molar-refractivity contribution in [2.45, 2.75) is 36.7 Å². The molecule has 0 aromatic carbocycles. The molecule has 0 aromatic rings. The summed E-state index contributed by atoms with van der Waals surface area (Å²) in [5, 5.41) is 2.51. The molecule has 3 atom stereocenters. The Hall–Kier alpha value is 0.350. The standard InChI is InChI=1S/C11H22S/c1-4-5-9-6-10-11-8-12(10,11,2,3)7-9/h9-11H,4-8H2,1-3H3. The maximum absolute atomic E-state index is 2.71. The molecule has 3 heterocycles. The van der Waals surface area contributed by atoms with Crippen LogP contribution in [0, 0.1) is 5.92 Å². The molecule has 3 fully saturated rings. The fourth-order valence-corrected chi connectivity index (χ4v) is 14.3. The van der Waals surface area contributed by atoms with Gasteiger partial charge in [0.05, 0.1) is 0 Å². The fraction of sp³-hybridized carbons (Fsp3) is 1.00. The lowest BCUT2D eigenvalue weighted by Gasteiger charge is -2.46. The van der Waals surface area contributed by atoms with Gasteiger partial charge < -0.3 is 0 Å². The first-order valence-corrected chi connectivity index (χ1v) is 9.18. The highest BCUT2D eigenvalue weighted by atomic mass is 32.4. The molecule has 3 aliphatic rings. The zero-order valence-corrected chi connectivity index (χ0v) is 9.49. The predicted octanol–water partition coefficient (Wildman–Crippen LogP) is 2.71. The third-order valence-corrected chi connectivity index (χ3v) is 14.1. The van der Waals surface area contributed by atoms with Crippen LogP contribution >= 0.6 is 8.29 Å². The molecule has 0 amide bonds. The Morgan fingerprint density at radius 2 is 1.92 bits per heavy atom. The van der Waals surface area contributed by atoms with Crippen LogP contribution in [0.15, 0.2) is 0 Å². The Labute approximate surface area is 75.4 Å². The van der Waals surface area contributed by atoms with Gasteiger partial charge in [0.25, 0.3) is 0 Å². The molecule has 0 N–H and O–H groups in total. The van der Waals surface area contributed by atoms with Crippen molar-refractivity contribution in [3.63, 3.8) is 0 Å². The number of hydrogen-bond donors (Lipinski definition) is 0. The van der Waals surface area contributed by atoms with E-state index >= 15 is 0 Å². The van der Waals surface area contributed by atoms with Crippen LogP contribution < -0.4 is 0 Å². The van der Waals surface area contributed by atoms with Crippen molar-refractivity contribution < 1.29 is 0 Å². The SMILES string of the molecule is CCCC1CC2C3CS23(C)(C)C1. The molecule has 0 bridgehead atoms. The smallest absolute Gasteiger partial charge is 0.00603 e. The van der Waals surface area contributed by atoms with Crippen LogP contribution in [0.3, 0.4) is 0 Å². The first kappa shape index (κ1) is 7.73. The van der Waals surface area contributed by atoms with Gasteiger partial charge in [-0.3, -0.25) is 8.29 Å². The van der Waals surface area contributed by atoms with E-state index in [2.05, 4.69) is 19.4 Å². The van der Waals surface area contributed by atoms with Gasteiger partial charge in [-0.15, -0.1) is 0 Å². The molecule has 3 aliphatic heterocycles. The summed E-state index contributed by atoms with van der Waals surface area (Å²) in [5.41, 5.74) is 0. The van der Waals surface area contributed by atoms with Gasteiger partial charge in [0.15, 0.2) is 0 Å². The first-order chi connectivity index (χ1) is 5.45. The Kier molecular flexibility index (Phi) is 0.909. The summed E-state index contributed by atoms with van der Waals surface area (Å²) >= 11 is 0. The maximum atomic E-state index is 2.71. The fourth-order valence-electron chi connectivity index (χ4n) is 4.50. The van der Waals surface area contributed by atoms with Gasteiger partial charge in [-0.25, -0.2) is 0 Å². The van der Waals surface area contributed by atoms with Gasteiger partial charge in [-0.05, 0) is 53.3 Å². The van der Waals surface area contributed by atoms with Crippen molar-refractivity contribution in [1.29, 1.82) is 0 Å². The summed E-state index contributed by atoms with van der Waals surface area (Å²) in [6.45, 7) is 2.34. The number of rotatable bonds is 2. The van der Waals surface area contributed by atoms with Crippen molar-refractivity contribution in [1.82, 2.24) is 0 Å². The predicted molar refractivity (Wildman–Crippen MR) is 59.8 cm³/mol. The second-order valence-electron chi connectivity index (χ2n) is 6.81. The topological polar surface area (TPSA) is 0 Å². The largest absolute Gasteiger partial charge is 0.271 e. The molecule has 0 aliphatic carbocycles. The van der Waals surface area contributed by atoms with Gasteiger partial charge in [0.2, 0.25) is 0 Å². The lowest BCUT2D eigenvalue weighted by atomic mass is 10.00. The zero-order valence-electron chi connectivity index (χ0n) is 8.68. The molecule has 3 rings (SSSR count).